The van der Waals surface area contributed by atoms with Gasteiger partial charge in [0.2, 0.25) is 0 Å². The Labute approximate surface area is 167 Å². The Balaban J connectivity index is 1.75. The van der Waals surface area contributed by atoms with Gasteiger partial charge in [0.15, 0.2) is 0 Å². The number of ether oxygens (including phenoxy) is 2. The molecular formula is C24H29NO3. The molecule has 0 saturated carbocycles. The molecule has 0 spiro atoms. The molecule has 1 unspecified atom stereocenters. The van der Waals surface area contributed by atoms with E-state index < -0.39 is 0 Å². The first-order valence-corrected chi connectivity index (χ1v) is 9.80. The van der Waals surface area contributed by atoms with Crippen LogP contribution < -0.4 is 14.8 Å². The van der Waals surface area contributed by atoms with Gasteiger partial charge in [-0.25, -0.2) is 0 Å². The molecule has 4 heteroatoms. The van der Waals surface area contributed by atoms with Gasteiger partial charge in [-0.2, -0.15) is 0 Å². The Hall–Kier alpha value is -2.72. The molecule has 0 bridgehead atoms. The predicted octanol–water partition coefficient (Wildman–Crippen LogP) is 5.39. The summed E-state index contributed by atoms with van der Waals surface area (Å²) < 4.78 is 16.8. The van der Waals surface area contributed by atoms with Crippen LogP contribution in [0.1, 0.15) is 43.1 Å². The van der Waals surface area contributed by atoms with Crippen LogP contribution in [-0.2, 0) is 6.54 Å². The van der Waals surface area contributed by atoms with E-state index in [9.17, 15) is 0 Å². The summed E-state index contributed by atoms with van der Waals surface area (Å²) in [7, 11) is 1.73. The number of nitrogens with one attached hydrogen (secondary N) is 1. The van der Waals surface area contributed by atoms with E-state index in [2.05, 4.69) is 29.6 Å². The van der Waals surface area contributed by atoms with Gasteiger partial charge in [-0.1, -0.05) is 30.3 Å². The molecule has 1 N–H and O–H groups in total. The Morgan fingerprint density at radius 2 is 1.75 bits per heavy atom. The minimum absolute atomic E-state index is 0.168. The van der Waals surface area contributed by atoms with Crippen LogP contribution in [0.2, 0.25) is 0 Å². The molecule has 3 aromatic rings. The maximum Gasteiger partial charge on any atom is 0.122 e. The predicted molar refractivity (Wildman–Crippen MR) is 112 cm³/mol. The smallest absolute Gasteiger partial charge is 0.122 e. The Morgan fingerprint density at radius 3 is 2.43 bits per heavy atom. The minimum atomic E-state index is 0.168. The molecule has 0 aliphatic heterocycles. The Kier molecular flexibility index (Phi) is 7.15. The first kappa shape index (κ1) is 20.0. The van der Waals surface area contributed by atoms with Crippen LogP contribution in [0.25, 0.3) is 0 Å². The molecule has 0 radical (unpaired) electrons. The lowest BCUT2D eigenvalue weighted by atomic mass is 9.88. The number of hydrogen-bond donors (Lipinski definition) is 1. The fourth-order valence-corrected chi connectivity index (χ4v) is 3.38. The molecule has 0 fully saturated rings. The van der Waals surface area contributed by atoms with Crippen LogP contribution in [0.3, 0.4) is 0 Å². The third-order valence-corrected chi connectivity index (χ3v) is 4.66. The van der Waals surface area contributed by atoms with Gasteiger partial charge < -0.3 is 19.2 Å². The zero-order valence-corrected chi connectivity index (χ0v) is 16.9. The average molecular weight is 380 g/mol. The number of hydrogen-bond acceptors (Lipinski definition) is 4. The monoisotopic (exact) mass is 379 g/mol. The van der Waals surface area contributed by atoms with E-state index in [1.54, 1.807) is 13.4 Å². The van der Waals surface area contributed by atoms with Crippen molar-refractivity contribution < 1.29 is 13.9 Å². The van der Waals surface area contributed by atoms with Gasteiger partial charge in [0.1, 0.15) is 17.3 Å². The Morgan fingerprint density at radius 1 is 0.964 bits per heavy atom. The fraction of sp³-hybridized carbons (Fsp3) is 0.333. The summed E-state index contributed by atoms with van der Waals surface area (Å²) in [5, 5.41) is 3.47. The van der Waals surface area contributed by atoms with E-state index in [1.165, 1.54) is 11.1 Å². The number of benzene rings is 2. The highest BCUT2D eigenvalue weighted by molar-refractivity contribution is 5.43. The van der Waals surface area contributed by atoms with E-state index in [4.69, 9.17) is 13.9 Å². The highest BCUT2D eigenvalue weighted by atomic mass is 16.5. The van der Waals surface area contributed by atoms with Crippen LogP contribution in [0.15, 0.2) is 71.3 Å². The molecule has 2 aromatic carbocycles. The van der Waals surface area contributed by atoms with Crippen molar-refractivity contribution in [1.82, 2.24) is 5.32 Å². The first-order valence-electron chi connectivity index (χ1n) is 9.80. The van der Waals surface area contributed by atoms with Gasteiger partial charge >= 0.3 is 0 Å². The SMILES string of the molecule is COc1ccccc1C(CCNCc1ccco1)c1ccc(OC(C)C)cc1. The van der Waals surface area contributed by atoms with Gasteiger partial charge in [-0.05, 0) is 62.7 Å². The first-order chi connectivity index (χ1) is 13.7. The van der Waals surface area contributed by atoms with Crippen molar-refractivity contribution >= 4 is 0 Å². The van der Waals surface area contributed by atoms with Crippen LogP contribution in [0.4, 0.5) is 0 Å². The summed E-state index contributed by atoms with van der Waals surface area (Å²) in [5.41, 5.74) is 2.45. The zero-order valence-electron chi connectivity index (χ0n) is 16.9. The van der Waals surface area contributed by atoms with Crippen molar-refractivity contribution in [2.75, 3.05) is 13.7 Å². The molecule has 1 heterocycles. The maximum absolute atomic E-state index is 5.79. The van der Waals surface area contributed by atoms with Gasteiger partial charge in [0.25, 0.3) is 0 Å². The maximum atomic E-state index is 5.79. The van der Waals surface area contributed by atoms with Crippen molar-refractivity contribution in [3.63, 3.8) is 0 Å². The van der Waals surface area contributed by atoms with Crippen LogP contribution in [0, 0.1) is 0 Å². The van der Waals surface area contributed by atoms with E-state index in [1.807, 2.05) is 50.2 Å². The van der Waals surface area contributed by atoms with Crippen LogP contribution in [-0.4, -0.2) is 19.8 Å². The number of rotatable bonds is 10. The largest absolute Gasteiger partial charge is 0.496 e. The fourth-order valence-electron chi connectivity index (χ4n) is 3.38. The molecule has 28 heavy (non-hydrogen) atoms. The van der Waals surface area contributed by atoms with E-state index >= 15 is 0 Å². The second-order valence-corrected chi connectivity index (χ2v) is 7.07. The van der Waals surface area contributed by atoms with Crippen molar-refractivity contribution in [2.24, 2.45) is 0 Å². The highest BCUT2D eigenvalue weighted by Gasteiger charge is 2.18. The van der Waals surface area contributed by atoms with Crippen molar-refractivity contribution in [3.8, 4) is 11.5 Å². The third kappa shape index (κ3) is 5.40. The van der Waals surface area contributed by atoms with Crippen LogP contribution in [0.5, 0.6) is 11.5 Å². The lowest BCUT2D eigenvalue weighted by molar-refractivity contribution is 0.242. The van der Waals surface area contributed by atoms with Crippen molar-refractivity contribution in [2.45, 2.75) is 38.8 Å². The molecule has 1 atom stereocenters. The summed E-state index contributed by atoms with van der Waals surface area (Å²) in [6, 6.07) is 20.5. The molecule has 3 rings (SSSR count). The molecule has 148 valence electrons. The molecule has 1 aromatic heterocycles. The number of furan rings is 1. The molecule has 0 saturated heterocycles. The number of para-hydroxylation sites is 1. The molecule has 4 nitrogen and oxygen atoms in total. The van der Waals surface area contributed by atoms with Gasteiger partial charge in [0.05, 0.1) is 26.0 Å². The minimum Gasteiger partial charge on any atom is -0.496 e. The summed E-state index contributed by atoms with van der Waals surface area (Å²) in [6.45, 7) is 5.67. The Bertz CT molecular complexity index is 825. The van der Waals surface area contributed by atoms with E-state index in [0.29, 0.717) is 0 Å². The summed E-state index contributed by atoms with van der Waals surface area (Å²) in [6.07, 6.45) is 2.82. The van der Waals surface area contributed by atoms with Crippen LogP contribution >= 0.6 is 0 Å². The average Bonchev–Trinajstić information content (AvgIpc) is 3.22. The number of methoxy groups -OCH3 is 1. The molecule has 0 aliphatic rings. The third-order valence-electron chi connectivity index (χ3n) is 4.66. The van der Waals surface area contributed by atoms with Gasteiger partial charge in [0, 0.05) is 11.5 Å². The highest BCUT2D eigenvalue weighted by Crippen LogP contribution is 2.34. The second-order valence-electron chi connectivity index (χ2n) is 7.07. The van der Waals surface area contributed by atoms with Gasteiger partial charge in [-0.3, -0.25) is 0 Å². The van der Waals surface area contributed by atoms with Crippen molar-refractivity contribution in [1.29, 1.82) is 0 Å². The molecular weight excluding hydrogens is 350 g/mol. The summed E-state index contributed by atoms with van der Waals surface area (Å²) >= 11 is 0. The topological polar surface area (TPSA) is 43.6 Å². The quantitative estimate of drug-likeness (QED) is 0.480. The van der Waals surface area contributed by atoms with E-state index in [-0.39, 0.29) is 12.0 Å². The second kappa shape index (κ2) is 10.00. The van der Waals surface area contributed by atoms with Gasteiger partial charge in [-0.15, -0.1) is 0 Å². The van der Waals surface area contributed by atoms with E-state index in [0.717, 1.165) is 36.8 Å². The normalized spacial score (nSPS) is 12.1. The lowest BCUT2D eigenvalue weighted by Gasteiger charge is -2.21. The zero-order chi connectivity index (χ0) is 19.8. The molecule has 0 aliphatic carbocycles. The molecule has 0 amide bonds. The van der Waals surface area contributed by atoms with Crippen molar-refractivity contribution in [3.05, 3.63) is 83.8 Å². The summed E-state index contributed by atoms with van der Waals surface area (Å²) in [4.78, 5) is 0. The lowest BCUT2D eigenvalue weighted by Crippen LogP contribution is -2.18. The standard InChI is InChI=1S/C24H29NO3/c1-18(2)28-20-12-10-19(11-13-20)22(23-8-4-5-9-24(23)26-3)14-15-25-17-21-7-6-16-27-21/h4-13,16,18,22,25H,14-15,17H2,1-3H3. The summed E-state index contributed by atoms with van der Waals surface area (Å²) in [5.74, 6) is 2.99.